The van der Waals surface area contributed by atoms with Crippen LogP contribution in [0.15, 0.2) is 17.8 Å². The van der Waals surface area contributed by atoms with Gasteiger partial charge < -0.3 is 5.73 Å². The number of nitrogens with two attached hydrogens (primary N) is 1. The number of aromatic amines is 1. The van der Waals surface area contributed by atoms with Gasteiger partial charge >= 0.3 is 0 Å². The largest absolute Gasteiger partial charge is 0.383 e. The molecule has 1 aromatic rings. The van der Waals surface area contributed by atoms with Crippen LogP contribution in [0.4, 0.5) is 5.82 Å². The number of ketones is 1. The highest BCUT2D eigenvalue weighted by molar-refractivity contribution is 6.11. The Morgan fingerprint density at radius 1 is 1.31 bits per heavy atom. The van der Waals surface area contributed by atoms with Crippen molar-refractivity contribution >= 4 is 11.6 Å². The molecule has 0 atom stereocenters. The van der Waals surface area contributed by atoms with Crippen molar-refractivity contribution in [2.75, 3.05) is 5.73 Å². The highest BCUT2D eigenvalue weighted by atomic mass is 16.1. The number of H-pyrrole nitrogens is 1. The first-order chi connectivity index (χ1) is 7.79. The summed E-state index contributed by atoms with van der Waals surface area (Å²) in [6, 6.07) is 0. The molecule has 1 aliphatic rings. The molecule has 0 amide bonds. The van der Waals surface area contributed by atoms with Gasteiger partial charge in [-0.3, -0.25) is 9.89 Å². The number of nitrogens with zero attached hydrogens (tertiary/aromatic N) is 1. The number of hydrogen-bond acceptors (Lipinski definition) is 3. The molecule has 86 valence electrons. The second-order valence-corrected chi connectivity index (χ2v) is 4.21. The number of aromatic nitrogens is 2. The zero-order chi connectivity index (χ0) is 11.4. The minimum Gasteiger partial charge on any atom is -0.383 e. The quantitative estimate of drug-likeness (QED) is 0.750. The fourth-order valence-corrected chi connectivity index (χ4v) is 2.05. The average Bonchev–Trinajstić information content (AvgIpc) is 2.63. The fourth-order valence-electron chi connectivity index (χ4n) is 2.05. The van der Waals surface area contributed by atoms with Crippen LogP contribution in [-0.4, -0.2) is 16.0 Å². The molecule has 4 heteroatoms. The number of hydrogen-bond donors (Lipinski definition) is 2. The van der Waals surface area contributed by atoms with Gasteiger partial charge in [-0.25, -0.2) is 0 Å². The lowest BCUT2D eigenvalue weighted by atomic mass is 9.95. The Morgan fingerprint density at radius 2 is 2.12 bits per heavy atom. The maximum absolute atomic E-state index is 12.1. The molecule has 0 fully saturated rings. The first kappa shape index (κ1) is 10.9. The molecule has 0 radical (unpaired) electrons. The number of rotatable bonds is 2. The Kier molecular flexibility index (Phi) is 3.39. The van der Waals surface area contributed by atoms with E-state index >= 15 is 0 Å². The lowest BCUT2D eigenvalue weighted by molar-refractivity contribution is 0.103. The van der Waals surface area contributed by atoms with Crippen molar-refractivity contribution < 1.29 is 4.79 Å². The predicted octanol–water partition coefficient (Wildman–Crippen LogP) is 2.46. The molecule has 1 heterocycles. The van der Waals surface area contributed by atoms with Gasteiger partial charge in [-0.05, 0) is 31.3 Å². The summed E-state index contributed by atoms with van der Waals surface area (Å²) in [5.41, 5.74) is 7.05. The van der Waals surface area contributed by atoms with E-state index in [1.165, 1.54) is 25.5 Å². The summed E-state index contributed by atoms with van der Waals surface area (Å²) >= 11 is 0. The van der Waals surface area contributed by atoms with Crippen molar-refractivity contribution in [2.24, 2.45) is 0 Å². The third kappa shape index (κ3) is 2.32. The minimum atomic E-state index is 0.0353. The van der Waals surface area contributed by atoms with E-state index in [0.717, 1.165) is 24.8 Å². The summed E-state index contributed by atoms with van der Waals surface area (Å²) in [6.45, 7) is 0. The Labute approximate surface area is 94.9 Å². The van der Waals surface area contributed by atoms with Gasteiger partial charge in [0.25, 0.3) is 0 Å². The van der Waals surface area contributed by atoms with Gasteiger partial charge in [0.15, 0.2) is 5.78 Å². The fraction of sp³-hybridized carbons (Fsp3) is 0.500. The van der Waals surface area contributed by atoms with Gasteiger partial charge in [-0.2, -0.15) is 5.10 Å². The molecule has 1 aliphatic carbocycles. The van der Waals surface area contributed by atoms with Crippen LogP contribution >= 0.6 is 0 Å². The van der Waals surface area contributed by atoms with E-state index in [9.17, 15) is 4.79 Å². The average molecular weight is 219 g/mol. The molecule has 0 unspecified atom stereocenters. The summed E-state index contributed by atoms with van der Waals surface area (Å²) < 4.78 is 0. The first-order valence-corrected chi connectivity index (χ1v) is 5.81. The monoisotopic (exact) mass is 219 g/mol. The van der Waals surface area contributed by atoms with Crippen LogP contribution in [0.2, 0.25) is 0 Å². The summed E-state index contributed by atoms with van der Waals surface area (Å²) in [4.78, 5) is 12.1. The van der Waals surface area contributed by atoms with Crippen molar-refractivity contribution in [2.45, 2.75) is 38.5 Å². The molecule has 0 saturated heterocycles. The van der Waals surface area contributed by atoms with Gasteiger partial charge in [-0.15, -0.1) is 0 Å². The molecule has 16 heavy (non-hydrogen) atoms. The van der Waals surface area contributed by atoms with Crippen molar-refractivity contribution in [3.05, 3.63) is 23.4 Å². The number of Topliss-reactive ketones (excluding diaryl/α,β-unsaturated/α-hetero) is 1. The van der Waals surface area contributed by atoms with Crippen LogP contribution in [0.3, 0.4) is 0 Å². The summed E-state index contributed by atoms with van der Waals surface area (Å²) in [5, 5.41) is 6.38. The van der Waals surface area contributed by atoms with E-state index in [4.69, 9.17) is 5.73 Å². The number of carbonyl (C=O) groups is 1. The van der Waals surface area contributed by atoms with Gasteiger partial charge in [-0.1, -0.05) is 18.9 Å². The summed E-state index contributed by atoms with van der Waals surface area (Å²) in [6.07, 6.45) is 10.2. The Balaban J connectivity index is 2.17. The lowest BCUT2D eigenvalue weighted by Crippen LogP contribution is -2.06. The van der Waals surface area contributed by atoms with E-state index in [1.54, 1.807) is 0 Å². The molecule has 0 saturated carbocycles. The SMILES string of the molecule is Nc1[nH]ncc1C(=O)C1=CCCCCCC1. The van der Waals surface area contributed by atoms with Gasteiger partial charge in [0.05, 0.1) is 11.8 Å². The normalized spacial score (nSPS) is 17.4. The number of anilines is 1. The van der Waals surface area contributed by atoms with Crippen LogP contribution in [0.25, 0.3) is 0 Å². The highest BCUT2D eigenvalue weighted by Crippen LogP contribution is 2.21. The molecule has 2 rings (SSSR count). The Morgan fingerprint density at radius 3 is 2.88 bits per heavy atom. The van der Waals surface area contributed by atoms with Crippen LogP contribution in [0, 0.1) is 0 Å². The van der Waals surface area contributed by atoms with Crippen LogP contribution < -0.4 is 5.73 Å². The van der Waals surface area contributed by atoms with E-state index in [0.29, 0.717) is 11.4 Å². The van der Waals surface area contributed by atoms with Crippen LogP contribution in [0.1, 0.15) is 48.9 Å². The number of allylic oxidation sites excluding steroid dienone is 2. The van der Waals surface area contributed by atoms with Crippen molar-refractivity contribution in [1.29, 1.82) is 0 Å². The van der Waals surface area contributed by atoms with Crippen molar-refractivity contribution in [3.8, 4) is 0 Å². The maximum atomic E-state index is 12.1. The minimum absolute atomic E-state index is 0.0353. The molecule has 3 N–H and O–H groups in total. The predicted molar refractivity (Wildman–Crippen MR) is 63.1 cm³/mol. The standard InChI is InChI=1S/C12H17N3O/c13-12-10(8-14-15-12)11(16)9-6-4-2-1-3-5-7-9/h6,8H,1-5,7H2,(H3,13,14,15). The van der Waals surface area contributed by atoms with Gasteiger partial charge in [0.2, 0.25) is 0 Å². The van der Waals surface area contributed by atoms with Crippen molar-refractivity contribution in [1.82, 2.24) is 10.2 Å². The second-order valence-electron chi connectivity index (χ2n) is 4.21. The van der Waals surface area contributed by atoms with E-state index in [2.05, 4.69) is 16.3 Å². The zero-order valence-corrected chi connectivity index (χ0v) is 9.33. The smallest absolute Gasteiger partial charge is 0.194 e. The topological polar surface area (TPSA) is 71.8 Å². The summed E-state index contributed by atoms with van der Waals surface area (Å²) in [7, 11) is 0. The molecule has 4 nitrogen and oxygen atoms in total. The zero-order valence-electron chi connectivity index (χ0n) is 9.33. The van der Waals surface area contributed by atoms with Crippen LogP contribution in [-0.2, 0) is 0 Å². The molecule has 0 aliphatic heterocycles. The third-order valence-electron chi connectivity index (χ3n) is 3.00. The van der Waals surface area contributed by atoms with E-state index in [1.807, 2.05) is 0 Å². The molecular formula is C12H17N3O. The lowest BCUT2D eigenvalue weighted by Gasteiger charge is -2.09. The third-order valence-corrected chi connectivity index (χ3v) is 3.00. The number of nitrogens with one attached hydrogen (secondary N) is 1. The Bertz CT molecular complexity index is 406. The van der Waals surface area contributed by atoms with Crippen LogP contribution in [0.5, 0.6) is 0 Å². The molecule has 0 spiro atoms. The Hall–Kier alpha value is -1.58. The van der Waals surface area contributed by atoms with Gasteiger partial charge in [0.1, 0.15) is 5.82 Å². The first-order valence-electron chi connectivity index (χ1n) is 5.81. The molecule has 0 bridgehead atoms. The summed E-state index contributed by atoms with van der Waals surface area (Å²) in [5.74, 6) is 0.404. The van der Waals surface area contributed by atoms with Crippen molar-refractivity contribution in [3.63, 3.8) is 0 Å². The molecule has 1 aromatic heterocycles. The number of nitrogen functional groups attached to an aromatic ring is 1. The molecular weight excluding hydrogens is 202 g/mol. The van der Waals surface area contributed by atoms with E-state index < -0.39 is 0 Å². The van der Waals surface area contributed by atoms with E-state index in [-0.39, 0.29) is 5.78 Å². The molecule has 0 aromatic carbocycles. The number of carbonyl (C=O) groups excluding carboxylic acids is 1. The second kappa shape index (κ2) is 4.96. The highest BCUT2D eigenvalue weighted by Gasteiger charge is 2.16. The van der Waals surface area contributed by atoms with Gasteiger partial charge in [0, 0.05) is 0 Å². The maximum Gasteiger partial charge on any atom is 0.194 e.